The van der Waals surface area contributed by atoms with Crippen LogP contribution in [0.25, 0.3) is 0 Å². The van der Waals surface area contributed by atoms with Gasteiger partial charge in [0.1, 0.15) is 5.75 Å². The molecule has 2 atom stereocenters. The van der Waals surface area contributed by atoms with Gasteiger partial charge in [0.25, 0.3) is 0 Å². The summed E-state index contributed by atoms with van der Waals surface area (Å²) < 4.78 is 30.2. The second kappa shape index (κ2) is 9.78. The highest BCUT2D eigenvalue weighted by atomic mass is 19.3. The van der Waals surface area contributed by atoms with E-state index in [4.69, 9.17) is 9.73 Å². The Labute approximate surface area is 177 Å². The van der Waals surface area contributed by atoms with E-state index in [1.165, 1.54) is 13.1 Å². The predicted octanol–water partition coefficient (Wildman–Crippen LogP) is 1.42. The predicted molar refractivity (Wildman–Crippen MR) is 115 cm³/mol. The van der Waals surface area contributed by atoms with Crippen LogP contribution >= 0.6 is 0 Å². The quantitative estimate of drug-likeness (QED) is 0.512. The van der Waals surface area contributed by atoms with Gasteiger partial charge in [-0.15, -0.1) is 0 Å². The number of piperazine rings is 3. The zero-order chi connectivity index (χ0) is 20.9. The van der Waals surface area contributed by atoms with Gasteiger partial charge in [-0.3, -0.25) is 14.8 Å². The number of fused-ring (bicyclic) bond motifs is 3. The van der Waals surface area contributed by atoms with Crippen LogP contribution in [0.3, 0.4) is 0 Å². The average molecular weight is 423 g/mol. The van der Waals surface area contributed by atoms with Crippen LogP contribution in [-0.2, 0) is 0 Å². The molecule has 4 saturated heterocycles. The lowest BCUT2D eigenvalue weighted by Gasteiger charge is -2.47. The van der Waals surface area contributed by atoms with Crippen molar-refractivity contribution in [3.8, 4) is 5.75 Å². The fourth-order valence-corrected chi connectivity index (χ4v) is 4.62. The molecule has 0 amide bonds. The number of para-hydroxylation sites is 2. The van der Waals surface area contributed by atoms with Crippen LogP contribution in [0, 0.1) is 0 Å². The van der Waals surface area contributed by atoms with Crippen LogP contribution < -0.4 is 20.3 Å². The lowest BCUT2D eigenvalue weighted by molar-refractivity contribution is -0.0495. The molecule has 0 aliphatic carbocycles. The number of guanidine groups is 1. The van der Waals surface area contributed by atoms with E-state index in [9.17, 15) is 8.78 Å². The van der Waals surface area contributed by atoms with Crippen LogP contribution in [-0.4, -0.2) is 93.4 Å². The van der Waals surface area contributed by atoms with Gasteiger partial charge < -0.3 is 20.3 Å². The molecule has 4 heterocycles. The minimum absolute atomic E-state index is 0.203. The number of anilines is 1. The van der Waals surface area contributed by atoms with Crippen molar-refractivity contribution >= 4 is 11.6 Å². The van der Waals surface area contributed by atoms with E-state index in [1.54, 1.807) is 12.1 Å². The SMILES string of the molecule is CCNC(=NCC1CN2CCN1CC2)NC1CCN(c2ccccc2OC(F)F)C1. The minimum atomic E-state index is -2.82. The summed E-state index contributed by atoms with van der Waals surface area (Å²) in [5.41, 5.74) is 0.712. The first-order valence-electron chi connectivity index (χ1n) is 10.9. The lowest BCUT2D eigenvalue weighted by Crippen LogP contribution is -2.62. The molecule has 2 unspecified atom stereocenters. The van der Waals surface area contributed by atoms with Crippen LogP contribution in [0.2, 0.25) is 0 Å². The standard InChI is InChI=1S/C21H32F2N6O/c1-2-24-21(25-13-17-15-27-9-11-28(17)12-10-27)26-16-7-8-29(14-16)18-5-3-4-6-19(18)30-20(22)23/h3-6,16-17,20H,2,7-15H2,1H3,(H2,24,25,26). The number of ether oxygens (including phenoxy) is 1. The van der Waals surface area contributed by atoms with E-state index < -0.39 is 6.61 Å². The Morgan fingerprint density at radius 3 is 2.67 bits per heavy atom. The Hall–Kier alpha value is -2.13. The Bertz CT molecular complexity index is 725. The Balaban J connectivity index is 1.35. The van der Waals surface area contributed by atoms with Crippen molar-refractivity contribution in [2.45, 2.75) is 32.0 Å². The number of hydrogen-bond acceptors (Lipinski definition) is 5. The zero-order valence-corrected chi connectivity index (χ0v) is 17.6. The fraction of sp³-hybridized carbons (Fsp3) is 0.667. The van der Waals surface area contributed by atoms with Crippen molar-refractivity contribution in [1.29, 1.82) is 0 Å². The fourth-order valence-electron chi connectivity index (χ4n) is 4.62. The number of alkyl halides is 2. The van der Waals surface area contributed by atoms with Gasteiger partial charge in [0.2, 0.25) is 0 Å². The van der Waals surface area contributed by atoms with Gasteiger partial charge in [0, 0.05) is 64.4 Å². The molecule has 166 valence electrons. The Kier molecular flexibility index (Phi) is 6.89. The monoisotopic (exact) mass is 422 g/mol. The first kappa shape index (κ1) is 21.1. The van der Waals surface area contributed by atoms with Crippen molar-refractivity contribution in [1.82, 2.24) is 20.4 Å². The maximum Gasteiger partial charge on any atom is 0.387 e. The van der Waals surface area contributed by atoms with E-state index in [0.29, 0.717) is 11.7 Å². The maximum atomic E-state index is 12.7. The lowest BCUT2D eigenvalue weighted by atomic mass is 10.1. The van der Waals surface area contributed by atoms with Gasteiger partial charge in [-0.1, -0.05) is 12.1 Å². The van der Waals surface area contributed by atoms with E-state index in [2.05, 4.69) is 32.3 Å². The first-order valence-corrected chi connectivity index (χ1v) is 10.9. The minimum Gasteiger partial charge on any atom is -0.433 e. The number of aliphatic imine (C=N–C) groups is 1. The summed E-state index contributed by atoms with van der Waals surface area (Å²) in [5.74, 6) is 1.06. The van der Waals surface area contributed by atoms with Crippen LogP contribution in [0.5, 0.6) is 5.75 Å². The number of nitrogens with zero attached hydrogens (tertiary/aromatic N) is 4. The van der Waals surface area contributed by atoms with Gasteiger partial charge in [-0.25, -0.2) is 0 Å². The summed E-state index contributed by atoms with van der Waals surface area (Å²) in [6.45, 7) is 8.06. The third-order valence-corrected chi connectivity index (χ3v) is 6.15. The molecule has 0 saturated carbocycles. The molecular formula is C21H32F2N6O. The number of rotatable bonds is 7. The van der Waals surface area contributed by atoms with Crippen LogP contribution in [0.4, 0.5) is 14.5 Å². The number of halogens is 2. The molecule has 2 N–H and O–H groups in total. The molecule has 1 aromatic rings. The molecule has 4 aliphatic rings. The molecule has 0 aromatic heterocycles. The summed E-state index contributed by atoms with van der Waals surface area (Å²) in [7, 11) is 0. The third kappa shape index (κ3) is 5.13. The molecule has 30 heavy (non-hydrogen) atoms. The van der Waals surface area contributed by atoms with E-state index >= 15 is 0 Å². The molecule has 1 aromatic carbocycles. The largest absolute Gasteiger partial charge is 0.433 e. The third-order valence-electron chi connectivity index (χ3n) is 6.15. The molecule has 0 radical (unpaired) electrons. The van der Waals surface area contributed by atoms with Crippen LogP contribution in [0.1, 0.15) is 13.3 Å². The van der Waals surface area contributed by atoms with Crippen molar-refractivity contribution < 1.29 is 13.5 Å². The highest BCUT2D eigenvalue weighted by Gasteiger charge is 2.32. The van der Waals surface area contributed by atoms with Gasteiger partial charge in [0.05, 0.1) is 12.2 Å². The summed E-state index contributed by atoms with van der Waals surface area (Å²) in [6.07, 6.45) is 0.913. The summed E-state index contributed by atoms with van der Waals surface area (Å²) >= 11 is 0. The van der Waals surface area contributed by atoms with E-state index in [0.717, 1.165) is 58.2 Å². The van der Waals surface area contributed by atoms with Crippen molar-refractivity contribution in [3.05, 3.63) is 24.3 Å². The maximum absolute atomic E-state index is 12.7. The van der Waals surface area contributed by atoms with Gasteiger partial charge in [0.15, 0.2) is 5.96 Å². The van der Waals surface area contributed by atoms with Gasteiger partial charge in [-0.05, 0) is 25.5 Å². The molecule has 2 bridgehead atoms. The van der Waals surface area contributed by atoms with Gasteiger partial charge in [-0.2, -0.15) is 8.78 Å². The molecule has 5 rings (SSSR count). The molecule has 9 heteroatoms. The smallest absolute Gasteiger partial charge is 0.387 e. The molecule has 7 nitrogen and oxygen atoms in total. The Morgan fingerprint density at radius 1 is 1.17 bits per heavy atom. The summed E-state index contributed by atoms with van der Waals surface area (Å²) in [5, 5.41) is 6.89. The van der Waals surface area contributed by atoms with E-state index in [1.807, 2.05) is 12.1 Å². The molecule has 0 spiro atoms. The second-order valence-electron chi connectivity index (χ2n) is 8.13. The topological polar surface area (TPSA) is 55.4 Å². The van der Waals surface area contributed by atoms with E-state index in [-0.39, 0.29) is 11.8 Å². The highest BCUT2D eigenvalue weighted by molar-refractivity contribution is 5.80. The average Bonchev–Trinajstić information content (AvgIpc) is 3.21. The highest BCUT2D eigenvalue weighted by Crippen LogP contribution is 2.31. The van der Waals surface area contributed by atoms with Crippen molar-refractivity contribution in [3.63, 3.8) is 0 Å². The molecule has 4 fully saturated rings. The summed E-state index contributed by atoms with van der Waals surface area (Å²) in [6, 6.07) is 7.69. The first-order chi connectivity index (χ1) is 14.6. The molecule has 4 aliphatic heterocycles. The number of nitrogens with one attached hydrogen (secondary N) is 2. The van der Waals surface area contributed by atoms with Crippen molar-refractivity contribution in [2.75, 3.05) is 63.8 Å². The zero-order valence-electron chi connectivity index (χ0n) is 17.6. The Morgan fingerprint density at radius 2 is 1.97 bits per heavy atom. The number of benzene rings is 1. The normalized spacial score (nSPS) is 28.8. The van der Waals surface area contributed by atoms with Crippen molar-refractivity contribution in [2.24, 2.45) is 4.99 Å². The van der Waals surface area contributed by atoms with Gasteiger partial charge >= 0.3 is 6.61 Å². The number of hydrogen-bond donors (Lipinski definition) is 2. The molecular weight excluding hydrogens is 390 g/mol. The summed E-state index contributed by atoms with van der Waals surface area (Å²) in [4.78, 5) is 12.0. The second-order valence-corrected chi connectivity index (χ2v) is 8.13. The van der Waals surface area contributed by atoms with Crippen LogP contribution in [0.15, 0.2) is 29.3 Å².